The monoisotopic (exact) mass is 354 g/mol. The lowest BCUT2D eigenvalue weighted by atomic mass is 10.1. The molecule has 1 aliphatic heterocycles. The normalized spacial score (nSPS) is 16.1. The van der Waals surface area contributed by atoms with Gasteiger partial charge in [0.2, 0.25) is 0 Å². The molecule has 5 heteroatoms. The van der Waals surface area contributed by atoms with Gasteiger partial charge in [0, 0.05) is 17.9 Å². The number of hydrogen-bond donors (Lipinski definition) is 0. The number of carbonyl (C=O) groups is 1. The van der Waals surface area contributed by atoms with Gasteiger partial charge in [-0.2, -0.15) is 0 Å². The first-order chi connectivity index (χ1) is 12.2. The zero-order chi connectivity index (χ0) is 17.6. The highest BCUT2D eigenvalue weighted by atomic mass is 32.2. The van der Waals surface area contributed by atoms with Crippen LogP contribution < -0.4 is 4.74 Å². The summed E-state index contributed by atoms with van der Waals surface area (Å²) in [4.78, 5) is 19.4. The quantitative estimate of drug-likeness (QED) is 0.802. The Morgan fingerprint density at radius 1 is 1.24 bits per heavy atom. The largest absolute Gasteiger partial charge is 0.494 e. The standard InChI is InChI=1S/C20H22N2O2S/c1-3-24-18-10-8-17(9-11-18)21-20-22(12-5-13-25-20)19(23)16-7-4-6-15(2)14-16/h4,6-11,14H,3,5,12-13H2,1-2H3. The Morgan fingerprint density at radius 3 is 2.76 bits per heavy atom. The Labute approximate surface area is 152 Å². The number of benzene rings is 2. The molecule has 1 aliphatic rings. The topological polar surface area (TPSA) is 41.9 Å². The van der Waals surface area contributed by atoms with Crippen molar-refractivity contribution in [3.8, 4) is 5.75 Å². The third-order valence-electron chi connectivity index (χ3n) is 3.87. The van der Waals surface area contributed by atoms with E-state index in [1.54, 1.807) is 16.7 Å². The van der Waals surface area contributed by atoms with Gasteiger partial charge in [-0.25, -0.2) is 4.99 Å². The first-order valence-electron chi connectivity index (χ1n) is 8.50. The van der Waals surface area contributed by atoms with Crippen LogP contribution in [0.15, 0.2) is 53.5 Å². The van der Waals surface area contributed by atoms with Crippen LogP contribution in [-0.2, 0) is 0 Å². The minimum absolute atomic E-state index is 0.0144. The summed E-state index contributed by atoms with van der Waals surface area (Å²) in [7, 11) is 0. The van der Waals surface area contributed by atoms with Crippen molar-refractivity contribution in [3.05, 3.63) is 59.7 Å². The number of amidine groups is 1. The van der Waals surface area contributed by atoms with Gasteiger partial charge in [-0.05, 0) is 56.7 Å². The molecule has 1 heterocycles. The zero-order valence-corrected chi connectivity index (χ0v) is 15.4. The van der Waals surface area contributed by atoms with Gasteiger partial charge in [0.25, 0.3) is 5.91 Å². The van der Waals surface area contributed by atoms with Crippen molar-refractivity contribution in [1.29, 1.82) is 0 Å². The lowest BCUT2D eigenvalue weighted by molar-refractivity contribution is 0.0849. The Morgan fingerprint density at radius 2 is 2.04 bits per heavy atom. The van der Waals surface area contributed by atoms with Crippen molar-refractivity contribution >= 4 is 28.5 Å². The molecule has 0 spiro atoms. The van der Waals surface area contributed by atoms with Gasteiger partial charge in [-0.1, -0.05) is 29.5 Å². The molecule has 0 bridgehead atoms. The highest BCUT2D eigenvalue weighted by Crippen LogP contribution is 2.25. The molecule has 3 rings (SSSR count). The molecule has 2 aromatic rings. The van der Waals surface area contributed by atoms with Gasteiger partial charge in [-0.3, -0.25) is 9.69 Å². The van der Waals surface area contributed by atoms with E-state index in [9.17, 15) is 4.79 Å². The Bertz CT molecular complexity index is 772. The molecule has 1 amide bonds. The summed E-state index contributed by atoms with van der Waals surface area (Å²) in [6.07, 6.45) is 0.977. The fraction of sp³-hybridized carbons (Fsp3) is 0.300. The molecule has 4 nitrogen and oxygen atoms in total. The van der Waals surface area contributed by atoms with E-state index in [2.05, 4.69) is 0 Å². The van der Waals surface area contributed by atoms with Crippen LogP contribution >= 0.6 is 11.8 Å². The predicted molar refractivity (Wildman–Crippen MR) is 104 cm³/mol. The van der Waals surface area contributed by atoms with Gasteiger partial charge >= 0.3 is 0 Å². The number of carbonyl (C=O) groups excluding carboxylic acids is 1. The number of aliphatic imine (C=N–C) groups is 1. The van der Waals surface area contributed by atoms with Crippen LogP contribution in [0.1, 0.15) is 29.3 Å². The van der Waals surface area contributed by atoms with E-state index in [1.165, 1.54) is 0 Å². The molecule has 0 saturated carbocycles. The van der Waals surface area contributed by atoms with Crippen LogP contribution in [0.25, 0.3) is 0 Å². The van der Waals surface area contributed by atoms with E-state index in [1.807, 2.05) is 62.4 Å². The molecule has 0 aliphatic carbocycles. The summed E-state index contributed by atoms with van der Waals surface area (Å²) >= 11 is 1.63. The molecule has 130 valence electrons. The molecule has 1 fully saturated rings. The molecular formula is C20H22N2O2S. The van der Waals surface area contributed by atoms with Gasteiger partial charge in [0.15, 0.2) is 5.17 Å². The number of amides is 1. The van der Waals surface area contributed by atoms with Crippen molar-refractivity contribution in [2.24, 2.45) is 4.99 Å². The van der Waals surface area contributed by atoms with Crippen LogP contribution in [-0.4, -0.2) is 34.9 Å². The fourth-order valence-corrected chi connectivity index (χ4v) is 3.62. The minimum Gasteiger partial charge on any atom is -0.494 e. The molecule has 0 unspecified atom stereocenters. The maximum absolute atomic E-state index is 12.9. The third-order valence-corrected chi connectivity index (χ3v) is 4.93. The highest BCUT2D eigenvalue weighted by Gasteiger charge is 2.24. The highest BCUT2D eigenvalue weighted by molar-refractivity contribution is 8.13. The van der Waals surface area contributed by atoms with E-state index >= 15 is 0 Å². The van der Waals surface area contributed by atoms with E-state index < -0.39 is 0 Å². The number of thioether (sulfide) groups is 1. The minimum atomic E-state index is 0.0144. The molecule has 1 saturated heterocycles. The van der Waals surface area contributed by atoms with Crippen molar-refractivity contribution in [2.45, 2.75) is 20.3 Å². The maximum atomic E-state index is 12.9. The fourth-order valence-electron chi connectivity index (χ4n) is 2.67. The number of aryl methyl sites for hydroxylation is 1. The van der Waals surface area contributed by atoms with Crippen molar-refractivity contribution < 1.29 is 9.53 Å². The van der Waals surface area contributed by atoms with Crippen LogP contribution in [0.3, 0.4) is 0 Å². The molecule has 0 N–H and O–H groups in total. The van der Waals surface area contributed by atoms with Crippen molar-refractivity contribution in [2.75, 3.05) is 18.9 Å². The Kier molecular flexibility index (Phi) is 5.76. The van der Waals surface area contributed by atoms with Crippen molar-refractivity contribution in [1.82, 2.24) is 4.90 Å². The second-order valence-electron chi connectivity index (χ2n) is 5.85. The molecule has 2 aromatic carbocycles. The predicted octanol–water partition coefficient (Wildman–Crippen LogP) is 4.66. The van der Waals surface area contributed by atoms with Crippen LogP contribution in [0.2, 0.25) is 0 Å². The summed E-state index contributed by atoms with van der Waals surface area (Å²) in [5, 5.41) is 0.766. The zero-order valence-electron chi connectivity index (χ0n) is 14.6. The van der Waals surface area contributed by atoms with Gasteiger partial charge < -0.3 is 4.74 Å². The first-order valence-corrected chi connectivity index (χ1v) is 9.49. The molecule has 25 heavy (non-hydrogen) atoms. The molecule has 0 atom stereocenters. The smallest absolute Gasteiger partial charge is 0.259 e. The number of ether oxygens (including phenoxy) is 1. The van der Waals surface area contributed by atoms with Crippen LogP contribution in [0.5, 0.6) is 5.75 Å². The Hall–Kier alpha value is -2.27. The molecule has 0 radical (unpaired) electrons. The van der Waals surface area contributed by atoms with E-state index in [0.717, 1.165) is 34.3 Å². The van der Waals surface area contributed by atoms with E-state index in [-0.39, 0.29) is 5.91 Å². The number of hydrogen-bond acceptors (Lipinski definition) is 4. The second-order valence-corrected chi connectivity index (χ2v) is 6.91. The average molecular weight is 354 g/mol. The Balaban J connectivity index is 1.84. The van der Waals surface area contributed by atoms with Crippen LogP contribution in [0.4, 0.5) is 5.69 Å². The second kappa shape index (κ2) is 8.21. The number of nitrogens with zero attached hydrogens (tertiary/aromatic N) is 2. The van der Waals surface area contributed by atoms with Gasteiger partial charge in [-0.15, -0.1) is 0 Å². The molecule has 0 aromatic heterocycles. The van der Waals surface area contributed by atoms with E-state index in [4.69, 9.17) is 9.73 Å². The van der Waals surface area contributed by atoms with E-state index in [0.29, 0.717) is 18.7 Å². The third kappa shape index (κ3) is 4.42. The first kappa shape index (κ1) is 17.5. The SMILES string of the molecule is CCOc1ccc(N=C2SCCCN2C(=O)c2cccc(C)c2)cc1. The molecular weight excluding hydrogens is 332 g/mol. The summed E-state index contributed by atoms with van der Waals surface area (Å²) in [5.74, 6) is 1.82. The maximum Gasteiger partial charge on any atom is 0.259 e. The van der Waals surface area contributed by atoms with Gasteiger partial charge in [0.05, 0.1) is 12.3 Å². The summed E-state index contributed by atoms with van der Waals surface area (Å²) in [6, 6.07) is 15.4. The lowest BCUT2D eigenvalue weighted by Gasteiger charge is -2.28. The summed E-state index contributed by atoms with van der Waals surface area (Å²) in [6.45, 7) is 5.30. The number of rotatable bonds is 4. The average Bonchev–Trinajstić information content (AvgIpc) is 2.63. The summed E-state index contributed by atoms with van der Waals surface area (Å²) < 4.78 is 5.46. The lowest BCUT2D eigenvalue weighted by Crippen LogP contribution is -2.39. The van der Waals surface area contributed by atoms with Gasteiger partial charge in [0.1, 0.15) is 5.75 Å². The van der Waals surface area contributed by atoms with Crippen molar-refractivity contribution in [3.63, 3.8) is 0 Å². The van der Waals surface area contributed by atoms with Crippen LogP contribution in [0, 0.1) is 6.92 Å². The summed E-state index contributed by atoms with van der Waals surface area (Å²) in [5.41, 5.74) is 2.62.